The van der Waals surface area contributed by atoms with E-state index in [1.807, 2.05) is 17.7 Å². The largest absolute Gasteiger partial charge is 0.290 e. The van der Waals surface area contributed by atoms with Crippen LogP contribution >= 0.6 is 11.5 Å². The number of imidazole rings is 1. The molecule has 0 atom stereocenters. The van der Waals surface area contributed by atoms with Gasteiger partial charge in [-0.1, -0.05) is 23.8 Å². The highest BCUT2D eigenvalue weighted by atomic mass is 32.1. The summed E-state index contributed by atoms with van der Waals surface area (Å²) in [7, 11) is 0. The maximum atomic E-state index is 4.86. The highest BCUT2D eigenvalue weighted by molar-refractivity contribution is 7.08. The van der Waals surface area contributed by atoms with E-state index in [-0.39, 0.29) is 0 Å². The average molecular weight is 289 g/mol. The normalized spacial score (nSPS) is 17.6. The van der Waals surface area contributed by atoms with Gasteiger partial charge in [0.25, 0.3) is 0 Å². The lowest BCUT2D eigenvalue weighted by Crippen LogP contribution is -2.16. The van der Waals surface area contributed by atoms with E-state index in [1.165, 1.54) is 43.6 Å². The lowest BCUT2D eigenvalue weighted by molar-refractivity contribution is 0.367. The summed E-state index contributed by atoms with van der Waals surface area (Å²) in [6.45, 7) is 2.87. The van der Waals surface area contributed by atoms with Gasteiger partial charge in [0.1, 0.15) is 11.2 Å². The van der Waals surface area contributed by atoms with Gasteiger partial charge in [0.15, 0.2) is 5.84 Å². The predicted octanol–water partition coefficient (Wildman–Crippen LogP) is 2.92. The van der Waals surface area contributed by atoms with Crippen LogP contribution in [0.4, 0.5) is 0 Å². The van der Waals surface area contributed by atoms with Crippen molar-refractivity contribution in [2.24, 2.45) is 10.9 Å². The standard InChI is InChI=1S/C14H19N5S/c1-11-13(20-18-17-11)14(19-8-7-15-10-19)16-9-12-5-3-2-4-6-12/h7-8,10,12H,2-6,9H2,1H3. The van der Waals surface area contributed by atoms with Crippen LogP contribution in [-0.4, -0.2) is 31.5 Å². The SMILES string of the molecule is Cc1nnsc1C(=NCC1CCCCC1)n1ccnc1. The van der Waals surface area contributed by atoms with E-state index in [0.29, 0.717) is 0 Å². The van der Waals surface area contributed by atoms with Gasteiger partial charge in [-0.3, -0.25) is 9.56 Å². The van der Waals surface area contributed by atoms with Crippen molar-refractivity contribution in [2.75, 3.05) is 6.54 Å². The minimum Gasteiger partial charge on any atom is -0.290 e. The molecular formula is C14H19N5S. The fraction of sp³-hybridized carbons (Fsp3) is 0.571. The Balaban J connectivity index is 1.84. The van der Waals surface area contributed by atoms with Crippen molar-refractivity contribution in [1.29, 1.82) is 0 Å². The number of rotatable bonds is 3. The molecule has 0 N–H and O–H groups in total. The van der Waals surface area contributed by atoms with Gasteiger partial charge in [0, 0.05) is 18.9 Å². The Morgan fingerprint density at radius 3 is 2.90 bits per heavy atom. The maximum absolute atomic E-state index is 4.86. The zero-order valence-electron chi connectivity index (χ0n) is 11.7. The molecule has 0 aliphatic heterocycles. The molecule has 6 heteroatoms. The molecule has 2 aromatic heterocycles. The molecule has 1 saturated carbocycles. The van der Waals surface area contributed by atoms with Gasteiger partial charge < -0.3 is 0 Å². The predicted molar refractivity (Wildman–Crippen MR) is 80.3 cm³/mol. The summed E-state index contributed by atoms with van der Waals surface area (Å²) in [5, 5.41) is 4.10. The molecule has 2 heterocycles. The van der Waals surface area contributed by atoms with Gasteiger partial charge in [-0.15, -0.1) is 5.10 Å². The molecule has 20 heavy (non-hydrogen) atoms. The Morgan fingerprint density at radius 1 is 1.40 bits per heavy atom. The first-order chi connectivity index (χ1) is 9.84. The fourth-order valence-corrected chi connectivity index (χ4v) is 3.35. The van der Waals surface area contributed by atoms with Gasteiger partial charge in [-0.05, 0) is 37.2 Å². The molecule has 0 amide bonds. The van der Waals surface area contributed by atoms with Gasteiger partial charge in [-0.25, -0.2) is 4.98 Å². The van der Waals surface area contributed by atoms with Crippen molar-refractivity contribution < 1.29 is 0 Å². The molecule has 0 unspecified atom stereocenters. The zero-order chi connectivity index (χ0) is 13.8. The van der Waals surface area contributed by atoms with E-state index in [9.17, 15) is 0 Å². The average Bonchev–Trinajstić information content (AvgIpc) is 3.13. The van der Waals surface area contributed by atoms with Crippen LogP contribution in [0.25, 0.3) is 0 Å². The Labute approximate surface area is 122 Å². The summed E-state index contributed by atoms with van der Waals surface area (Å²) in [6.07, 6.45) is 12.2. The number of aliphatic imine (C=N–C) groups is 1. The van der Waals surface area contributed by atoms with E-state index in [2.05, 4.69) is 14.6 Å². The third kappa shape index (κ3) is 2.95. The van der Waals surface area contributed by atoms with Crippen LogP contribution in [0.2, 0.25) is 0 Å². The third-order valence-corrected chi connectivity index (χ3v) is 4.65. The highest BCUT2D eigenvalue weighted by Crippen LogP contribution is 2.24. The van der Waals surface area contributed by atoms with Crippen molar-refractivity contribution in [2.45, 2.75) is 39.0 Å². The summed E-state index contributed by atoms with van der Waals surface area (Å²) in [5.74, 6) is 1.66. The molecular weight excluding hydrogens is 270 g/mol. The number of nitrogens with zero attached hydrogens (tertiary/aromatic N) is 5. The van der Waals surface area contributed by atoms with E-state index < -0.39 is 0 Å². The van der Waals surface area contributed by atoms with Crippen molar-refractivity contribution >= 4 is 17.4 Å². The molecule has 1 aliphatic rings. The van der Waals surface area contributed by atoms with Crippen LogP contribution in [0.15, 0.2) is 23.7 Å². The molecule has 0 spiro atoms. The molecule has 5 nitrogen and oxygen atoms in total. The van der Waals surface area contributed by atoms with Crippen LogP contribution in [-0.2, 0) is 0 Å². The van der Waals surface area contributed by atoms with Crippen LogP contribution in [0.5, 0.6) is 0 Å². The Morgan fingerprint density at radius 2 is 2.25 bits per heavy atom. The minimum atomic E-state index is 0.725. The van der Waals surface area contributed by atoms with E-state index in [4.69, 9.17) is 4.99 Å². The third-order valence-electron chi connectivity index (χ3n) is 3.83. The van der Waals surface area contributed by atoms with E-state index in [0.717, 1.165) is 28.9 Å². The van der Waals surface area contributed by atoms with Gasteiger partial charge in [-0.2, -0.15) is 0 Å². The van der Waals surface area contributed by atoms with Gasteiger partial charge in [0.2, 0.25) is 0 Å². The summed E-state index contributed by atoms with van der Waals surface area (Å²) in [6, 6.07) is 0. The van der Waals surface area contributed by atoms with Crippen molar-refractivity contribution in [3.8, 4) is 0 Å². The quantitative estimate of drug-likeness (QED) is 0.645. The number of aromatic nitrogens is 4. The maximum Gasteiger partial charge on any atom is 0.154 e. The number of hydrogen-bond acceptors (Lipinski definition) is 5. The topological polar surface area (TPSA) is 56.0 Å². The molecule has 1 fully saturated rings. The molecule has 1 aliphatic carbocycles. The molecule has 0 bridgehead atoms. The van der Waals surface area contributed by atoms with Crippen LogP contribution in [0.1, 0.15) is 42.7 Å². The summed E-state index contributed by atoms with van der Waals surface area (Å²) >= 11 is 1.40. The molecule has 3 rings (SSSR count). The summed E-state index contributed by atoms with van der Waals surface area (Å²) < 4.78 is 5.99. The second kappa shape index (κ2) is 6.26. The Hall–Kier alpha value is -1.56. The first kappa shape index (κ1) is 13.4. The van der Waals surface area contributed by atoms with Crippen molar-refractivity contribution in [3.05, 3.63) is 29.3 Å². The minimum absolute atomic E-state index is 0.725. The smallest absolute Gasteiger partial charge is 0.154 e. The van der Waals surface area contributed by atoms with Crippen molar-refractivity contribution in [3.63, 3.8) is 0 Å². The van der Waals surface area contributed by atoms with Crippen molar-refractivity contribution in [1.82, 2.24) is 19.1 Å². The second-order valence-electron chi connectivity index (χ2n) is 5.33. The molecule has 0 saturated heterocycles. The highest BCUT2D eigenvalue weighted by Gasteiger charge is 2.16. The molecule has 2 aromatic rings. The van der Waals surface area contributed by atoms with Gasteiger partial charge in [0.05, 0.1) is 5.69 Å². The summed E-state index contributed by atoms with van der Waals surface area (Å²) in [4.78, 5) is 10.0. The van der Waals surface area contributed by atoms with Crippen LogP contribution in [0.3, 0.4) is 0 Å². The number of aryl methyl sites for hydroxylation is 1. The lowest BCUT2D eigenvalue weighted by atomic mass is 9.89. The van der Waals surface area contributed by atoms with E-state index in [1.54, 1.807) is 12.5 Å². The Kier molecular flexibility index (Phi) is 4.20. The summed E-state index contributed by atoms with van der Waals surface area (Å²) in [5.41, 5.74) is 0.936. The fourth-order valence-electron chi connectivity index (χ4n) is 2.68. The zero-order valence-corrected chi connectivity index (χ0v) is 12.5. The van der Waals surface area contributed by atoms with E-state index >= 15 is 0 Å². The second-order valence-corrected chi connectivity index (χ2v) is 6.08. The molecule has 0 radical (unpaired) electrons. The molecule has 0 aromatic carbocycles. The Bertz CT molecular complexity index is 566. The first-order valence-corrected chi connectivity index (χ1v) is 7.94. The lowest BCUT2D eigenvalue weighted by Gasteiger charge is -2.19. The van der Waals surface area contributed by atoms with Crippen LogP contribution in [0, 0.1) is 12.8 Å². The number of hydrogen-bond donors (Lipinski definition) is 0. The van der Waals surface area contributed by atoms with Crippen LogP contribution < -0.4 is 0 Å². The first-order valence-electron chi connectivity index (χ1n) is 7.16. The van der Waals surface area contributed by atoms with Gasteiger partial charge >= 0.3 is 0 Å². The molecule has 106 valence electrons. The monoisotopic (exact) mass is 289 g/mol.